The van der Waals surface area contributed by atoms with Crippen LogP contribution in [0.2, 0.25) is 0 Å². The van der Waals surface area contributed by atoms with Crippen molar-refractivity contribution in [1.82, 2.24) is 15.2 Å². The van der Waals surface area contributed by atoms with Crippen LogP contribution in [-0.4, -0.2) is 41.3 Å². The normalized spacial score (nSPS) is 14.2. The summed E-state index contributed by atoms with van der Waals surface area (Å²) in [5.41, 5.74) is 1.28. The van der Waals surface area contributed by atoms with E-state index in [2.05, 4.69) is 10.3 Å². The summed E-state index contributed by atoms with van der Waals surface area (Å²) in [6, 6.07) is 9.44. The second kappa shape index (κ2) is 7.96. The number of para-hydroxylation sites is 1. The van der Waals surface area contributed by atoms with Crippen LogP contribution in [0.1, 0.15) is 31.2 Å². The highest BCUT2D eigenvalue weighted by atomic mass is 16.2. The van der Waals surface area contributed by atoms with Crippen molar-refractivity contribution < 1.29 is 9.59 Å². The number of pyridine rings is 1. The molecule has 1 aliphatic heterocycles. The van der Waals surface area contributed by atoms with Crippen molar-refractivity contribution >= 4 is 22.7 Å². The fourth-order valence-electron chi connectivity index (χ4n) is 3.15. The average Bonchev–Trinajstić information content (AvgIpc) is 3.02. The van der Waals surface area contributed by atoms with Crippen molar-refractivity contribution in [1.29, 1.82) is 0 Å². The number of carbonyl (C=O) groups excluding carboxylic acids is 2. The Morgan fingerprint density at radius 1 is 1.24 bits per heavy atom. The summed E-state index contributed by atoms with van der Waals surface area (Å²) in [5.74, 6) is 0.141. The summed E-state index contributed by atoms with van der Waals surface area (Å²) in [4.78, 5) is 40.2. The Kier molecular flexibility index (Phi) is 5.48. The predicted molar refractivity (Wildman–Crippen MR) is 96.3 cm³/mol. The van der Waals surface area contributed by atoms with E-state index in [1.165, 1.54) is 0 Å². The molecule has 0 radical (unpaired) electrons. The third-order valence-corrected chi connectivity index (χ3v) is 4.55. The summed E-state index contributed by atoms with van der Waals surface area (Å²) in [5, 5.41) is 3.82. The zero-order valence-electron chi connectivity index (χ0n) is 14.2. The molecule has 1 aromatic carbocycles. The number of hydrogen-bond donors (Lipinski definition) is 2. The zero-order valence-corrected chi connectivity index (χ0v) is 14.2. The second-order valence-electron chi connectivity index (χ2n) is 6.40. The highest BCUT2D eigenvalue weighted by Crippen LogP contribution is 2.11. The van der Waals surface area contributed by atoms with E-state index < -0.39 is 0 Å². The largest absolute Gasteiger partial charge is 0.356 e. The summed E-state index contributed by atoms with van der Waals surface area (Å²) in [6.45, 7) is 2.08. The van der Waals surface area contributed by atoms with Crippen LogP contribution >= 0.6 is 0 Å². The SMILES string of the molecule is O=C(CCc1cc2ccccc2[nH]c1=O)NCCCN1CCCC1=O. The monoisotopic (exact) mass is 341 g/mol. The molecule has 132 valence electrons. The number of nitrogens with zero attached hydrogens (tertiary/aromatic N) is 1. The lowest BCUT2D eigenvalue weighted by molar-refractivity contribution is -0.127. The standard InChI is InChI=1S/C19H23N3O3/c23-17(20-10-4-12-22-11-3-7-18(22)24)9-8-15-13-14-5-1-2-6-16(14)21-19(15)25/h1-2,5-6,13H,3-4,7-12H2,(H,20,23)(H,21,25). The molecule has 2 N–H and O–H groups in total. The Morgan fingerprint density at radius 2 is 2.08 bits per heavy atom. The van der Waals surface area contributed by atoms with Crippen molar-refractivity contribution in [2.24, 2.45) is 0 Å². The van der Waals surface area contributed by atoms with Crippen LogP contribution in [0.25, 0.3) is 10.9 Å². The maximum atomic E-state index is 12.1. The minimum atomic E-state index is -0.140. The van der Waals surface area contributed by atoms with Gasteiger partial charge in [0.2, 0.25) is 11.8 Å². The first-order valence-corrected chi connectivity index (χ1v) is 8.79. The van der Waals surface area contributed by atoms with Crippen LogP contribution in [0.15, 0.2) is 35.1 Å². The first-order valence-electron chi connectivity index (χ1n) is 8.79. The van der Waals surface area contributed by atoms with Crippen LogP contribution < -0.4 is 10.9 Å². The van der Waals surface area contributed by atoms with Gasteiger partial charge < -0.3 is 15.2 Å². The number of nitrogens with one attached hydrogen (secondary N) is 2. The van der Waals surface area contributed by atoms with Gasteiger partial charge in [0.15, 0.2) is 0 Å². The molecule has 2 heterocycles. The molecule has 1 saturated heterocycles. The molecule has 25 heavy (non-hydrogen) atoms. The lowest BCUT2D eigenvalue weighted by Gasteiger charge is -2.15. The molecule has 0 atom stereocenters. The molecule has 0 spiro atoms. The van der Waals surface area contributed by atoms with E-state index in [1.54, 1.807) is 0 Å². The Morgan fingerprint density at radius 3 is 2.88 bits per heavy atom. The van der Waals surface area contributed by atoms with Gasteiger partial charge in [-0.25, -0.2) is 0 Å². The van der Waals surface area contributed by atoms with Crippen LogP contribution in [0.3, 0.4) is 0 Å². The van der Waals surface area contributed by atoms with Crippen LogP contribution in [0.5, 0.6) is 0 Å². The van der Waals surface area contributed by atoms with Gasteiger partial charge in [0, 0.05) is 43.6 Å². The van der Waals surface area contributed by atoms with Gasteiger partial charge in [0.05, 0.1) is 0 Å². The number of carbonyl (C=O) groups is 2. The van der Waals surface area contributed by atoms with Crippen molar-refractivity contribution in [3.05, 3.63) is 46.2 Å². The fraction of sp³-hybridized carbons (Fsp3) is 0.421. The van der Waals surface area contributed by atoms with Gasteiger partial charge in [-0.3, -0.25) is 14.4 Å². The summed E-state index contributed by atoms with van der Waals surface area (Å²) in [6.07, 6.45) is 3.03. The van der Waals surface area contributed by atoms with Crippen molar-refractivity contribution in [3.63, 3.8) is 0 Å². The first kappa shape index (κ1) is 17.2. The number of fused-ring (bicyclic) bond motifs is 1. The van der Waals surface area contributed by atoms with E-state index >= 15 is 0 Å². The molecule has 1 fully saturated rings. The van der Waals surface area contributed by atoms with Crippen molar-refractivity contribution in [2.75, 3.05) is 19.6 Å². The molecular weight excluding hydrogens is 318 g/mol. The van der Waals surface area contributed by atoms with E-state index in [4.69, 9.17) is 0 Å². The lowest BCUT2D eigenvalue weighted by Crippen LogP contribution is -2.31. The molecule has 0 unspecified atom stereocenters. The fourth-order valence-corrected chi connectivity index (χ4v) is 3.15. The molecule has 6 heteroatoms. The molecule has 0 bridgehead atoms. The zero-order chi connectivity index (χ0) is 17.6. The summed E-state index contributed by atoms with van der Waals surface area (Å²) in [7, 11) is 0. The van der Waals surface area contributed by atoms with Crippen molar-refractivity contribution in [3.8, 4) is 0 Å². The Hall–Kier alpha value is -2.63. The average molecular weight is 341 g/mol. The number of benzene rings is 1. The highest BCUT2D eigenvalue weighted by Gasteiger charge is 2.19. The van der Waals surface area contributed by atoms with E-state index in [0.29, 0.717) is 31.5 Å². The molecule has 2 aromatic rings. The maximum absolute atomic E-state index is 12.1. The molecule has 1 aliphatic rings. The van der Waals surface area contributed by atoms with Crippen LogP contribution in [0.4, 0.5) is 0 Å². The molecule has 2 amide bonds. The predicted octanol–water partition coefficient (Wildman–Crippen LogP) is 1.59. The highest BCUT2D eigenvalue weighted by molar-refractivity contribution is 5.79. The minimum absolute atomic E-state index is 0.0692. The Labute approximate surface area is 146 Å². The Balaban J connectivity index is 1.43. The quantitative estimate of drug-likeness (QED) is 0.750. The third-order valence-electron chi connectivity index (χ3n) is 4.55. The number of aromatic nitrogens is 1. The molecule has 0 saturated carbocycles. The maximum Gasteiger partial charge on any atom is 0.251 e. The number of rotatable bonds is 7. The topological polar surface area (TPSA) is 82.3 Å². The van der Waals surface area contributed by atoms with Crippen LogP contribution in [-0.2, 0) is 16.0 Å². The third kappa shape index (κ3) is 4.47. The molecule has 0 aliphatic carbocycles. The number of aryl methyl sites for hydroxylation is 1. The number of aromatic amines is 1. The molecular formula is C19H23N3O3. The van der Waals surface area contributed by atoms with Gasteiger partial charge in [-0.2, -0.15) is 0 Å². The van der Waals surface area contributed by atoms with Crippen LogP contribution in [0, 0.1) is 0 Å². The van der Waals surface area contributed by atoms with Gasteiger partial charge in [0.1, 0.15) is 0 Å². The number of likely N-dealkylation sites (tertiary alicyclic amines) is 1. The minimum Gasteiger partial charge on any atom is -0.356 e. The molecule has 1 aromatic heterocycles. The summed E-state index contributed by atoms with van der Waals surface area (Å²) >= 11 is 0. The first-order chi connectivity index (χ1) is 12.1. The van der Waals surface area contributed by atoms with Gasteiger partial charge in [0.25, 0.3) is 5.56 Å². The van der Waals surface area contributed by atoms with Gasteiger partial charge in [-0.1, -0.05) is 18.2 Å². The van der Waals surface area contributed by atoms with Crippen molar-refractivity contribution in [2.45, 2.75) is 32.1 Å². The smallest absolute Gasteiger partial charge is 0.251 e. The number of hydrogen-bond acceptors (Lipinski definition) is 3. The van der Waals surface area contributed by atoms with E-state index in [9.17, 15) is 14.4 Å². The van der Waals surface area contributed by atoms with E-state index in [1.807, 2.05) is 35.2 Å². The van der Waals surface area contributed by atoms with Gasteiger partial charge >= 0.3 is 0 Å². The number of H-pyrrole nitrogens is 1. The molecule has 6 nitrogen and oxygen atoms in total. The van der Waals surface area contributed by atoms with E-state index in [0.717, 1.165) is 30.3 Å². The van der Waals surface area contributed by atoms with Gasteiger partial charge in [-0.05, 0) is 36.8 Å². The van der Waals surface area contributed by atoms with Gasteiger partial charge in [-0.15, -0.1) is 0 Å². The summed E-state index contributed by atoms with van der Waals surface area (Å²) < 4.78 is 0. The second-order valence-corrected chi connectivity index (χ2v) is 6.40. The lowest BCUT2D eigenvalue weighted by atomic mass is 10.1. The Bertz CT molecular complexity index is 828. The molecule has 3 rings (SSSR count). The number of amides is 2. The van der Waals surface area contributed by atoms with E-state index in [-0.39, 0.29) is 23.8 Å².